The fourth-order valence-electron chi connectivity index (χ4n) is 4.28. The van der Waals surface area contributed by atoms with Crippen LogP contribution in [0, 0.1) is 17.8 Å². The number of hydrogen-bond acceptors (Lipinski definition) is 3. The van der Waals surface area contributed by atoms with Crippen molar-refractivity contribution in [1.29, 1.82) is 0 Å². The summed E-state index contributed by atoms with van der Waals surface area (Å²) in [6.45, 7) is 5.02. The van der Waals surface area contributed by atoms with Gasteiger partial charge in [-0.25, -0.2) is 0 Å². The van der Waals surface area contributed by atoms with Crippen LogP contribution in [0.25, 0.3) is 0 Å². The van der Waals surface area contributed by atoms with E-state index >= 15 is 0 Å². The number of carboxylic acids is 1. The van der Waals surface area contributed by atoms with Crippen LogP contribution < -0.4 is 0 Å². The zero-order chi connectivity index (χ0) is 19.9. The summed E-state index contributed by atoms with van der Waals surface area (Å²) in [7, 11) is 0. The number of rotatable bonds is 15. The molecule has 0 bridgehead atoms. The molecule has 0 saturated heterocycles. The smallest absolute Gasteiger partial charge is 0.309 e. The van der Waals surface area contributed by atoms with E-state index in [1.54, 1.807) is 0 Å². The standard InChI is InChI=1S/C23H42O4/c1-3-5-14-19(4-2)15-10-8-6-7-9-13-18-27-23(26)21-17-12-11-16-20(21)22(24)25/h19-21H,3-18H2,1-2H3,(H,24,25). The third-order valence-corrected chi connectivity index (χ3v) is 6.18. The Kier molecular flexibility index (Phi) is 13.3. The molecule has 4 nitrogen and oxygen atoms in total. The molecular weight excluding hydrogens is 340 g/mol. The van der Waals surface area contributed by atoms with E-state index in [2.05, 4.69) is 13.8 Å². The minimum absolute atomic E-state index is 0.292. The predicted molar refractivity (Wildman–Crippen MR) is 110 cm³/mol. The van der Waals surface area contributed by atoms with Crippen molar-refractivity contribution in [3.63, 3.8) is 0 Å². The van der Waals surface area contributed by atoms with E-state index in [-0.39, 0.29) is 5.97 Å². The van der Waals surface area contributed by atoms with Gasteiger partial charge in [0, 0.05) is 0 Å². The predicted octanol–water partition coefficient (Wildman–Crippen LogP) is 6.37. The van der Waals surface area contributed by atoms with Gasteiger partial charge in [-0.15, -0.1) is 0 Å². The molecule has 1 N–H and O–H groups in total. The molecule has 0 aromatic rings. The summed E-state index contributed by atoms with van der Waals surface area (Å²) in [5.74, 6) is -1.21. The first-order valence-corrected chi connectivity index (χ1v) is 11.5. The molecule has 0 spiro atoms. The van der Waals surface area contributed by atoms with Crippen molar-refractivity contribution in [1.82, 2.24) is 0 Å². The van der Waals surface area contributed by atoms with E-state index in [0.29, 0.717) is 19.4 Å². The van der Waals surface area contributed by atoms with Gasteiger partial charge in [-0.2, -0.15) is 0 Å². The molecular formula is C23H42O4. The highest BCUT2D eigenvalue weighted by molar-refractivity contribution is 5.81. The first kappa shape index (κ1) is 24.0. The van der Waals surface area contributed by atoms with E-state index < -0.39 is 17.8 Å². The topological polar surface area (TPSA) is 63.6 Å². The summed E-state index contributed by atoms with van der Waals surface area (Å²) >= 11 is 0. The normalized spacial score (nSPS) is 21.0. The first-order chi connectivity index (χ1) is 13.1. The van der Waals surface area contributed by atoms with Crippen molar-refractivity contribution in [2.75, 3.05) is 6.61 Å². The van der Waals surface area contributed by atoms with Gasteiger partial charge in [0.25, 0.3) is 0 Å². The maximum atomic E-state index is 12.2. The van der Waals surface area contributed by atoms with Crippen LogP contribution in [0.15, 0.2) is 0 Å². The number of carbonyl (C=O) groups excluding carboxylic acids is 1. The van der Waals surface area contributed by atoms with Crippen molar-refractivity contribution in [3.05, 3.63) is 0 Å². The van der Waals surface area contributed by atoms with Crippen LogP contribution in [-0.4, -0.2) is 23.7 Å². The molecule has 1 aliphatic rings. The average molecular weight is 383 g/mol. The molecule has 1 rings (SSSR count). The molecule has 158 valence electrons. The van der Waals surface area contributed by atoms with Crippen LogP contribution in [0.1, 0.15) is 110 Å². The molecule has 0 aromatic heterocycles. The van der Waals surface area contributed by atoms with E-state index in [4.69, 9.17) is 4.74 Å². The molecule has 0 aliphatic heterocycles. The van der Waals surface area contributed by atoms with Crippen LogP contribution in [-0.2, 0) is 14.3 Å². The number of aliphatic carboxylic acids is 1. The zero-order valence-electron chi connectivity index (χ0n) is 17.7. The van der Waals surface area contributed by atoms with Gasteiger partial charge in [-0.3, -0.25) is 9.59 Å². The number of ether oxygens (including phenoxy) is 1. The van der Waals surface area contributed by atoms with E-state index in [1.807, 2.05) is 0 Å². The fourth-order valence-corrected chi connectivity index (χ4v) is 4.28. The SMILES string of the molecule is CCCCC(CC)CCCCCCCCOC(=O)C1CCCCC1C(=O)O. The monoisotopic (exact) mass is 382 g/mol. The molecule has 1 aliphatic carbocycles. The Balaban J connectivity index is 2.02. The molecule has 4 heteroatoms. The number of carboxylic acid groups (broad SMARTS) is 1. The van der Waals surface area contributed by atoms with Crippen molar-refractivity contribution in [2.45, 2.75) is 110 Å². The summed E-state index contributed by atoms with van der Waals surface area (Å²) in [6.07, 6.45) is 16.9. The van der Waals surface area contributed by atoms with Gasteiger partial charge in [0.15, 0.2) is 0 Å². The highest BCUT2D eigenvalue weighted by Crippen LogP contribution is 2.31. The van der Waals surface area contributed by atoms with Crippen molar-refractivity contribution >= 4 is 11.9 Å². The maximum Gasteiger partial charge on any atom is 0.309 e. The van der Waals surface area contributed by atoms with Crippen molar-refractivity contribution in [2.24, 2.45) is 17.8 Å². The molecule has 0 amide bonds. The lowest BCUT2D eigenvalue weighted by Gasteiger charge is -2.26. The van der Waals surface area contributed by atoms with Crippen LogP contribution in [0.3, 0.4) is 0 Å². The molecule has 0 radical (unpaired) electrons. The second kappa shape index (κ2) is 14.9. The van der Waals surface area contributed by atoms with E-state index in [0.717, 1.165) is 31.6 Å². The van der Waals surface area contributed by atoms with Crippen LogP contribution >= 0.6 is 0 Å². The third kappa shape index (κ3) is 10.2. The Labute approximate surface area is 166 Å². The van der Waals surface area contributed by atoms with Gasteiger partial charge in [0.2, 0.25) is 0 Å². The average Bonchev–Trinajstić information content (AvgIpc) is 2.68. The van der Waals surface area contributed by atoms with Gasteiger partial charge in [0.05, 0.1) is 18.4 Å². The number of esters is 1. The van der Waals surface area contributed by atoms with E-state index in [9.17, 15) is 14.7 Å². The minimum atomic E-state index is -0.850. The van der Waals surface area contributed by atoms with Gasteiger partial charge in [-0.1, -0.05) is 90.9 Å². The van der Waals surface area contributed by atoms with Crippen LogP contribution in [0.5, 0.6) is 0 Å². The Morgan fingerprint density at radius 3 is 2.11 bits per heavy atom. The summed E-state index contributed by atoms with van der Waals surface area (Å²) < 4.78 is 5.37. The molecule has 3 unspecified atom stereocenters. The minimum Gasteiger partial charge on any atom is -0.481 e. The highest BCUT2D eigenvalue weighted by atomic mass is 16.5. The quantitative estimate of drug-likeness (QED) is 0.264. The van der Waals surface area contributed by atoms with Gasteiger partial charge >= 0.3 is 11.9 Å². The maximum absolute atomic E-state index is 12.2. The van der Waals surface area contributed by atoms with Crippen molar-refractivity contribution < 1.29 is 19.4 Å². The largest absolute Gasteiger partial charge is 0.481 e. The van der Waals surface area contributed by atoms with Gasteiger partial charge in [0.1, 0.15) is 0 Å². The Morgan fingerprint density at radius 1 is 0.889 bits per heavy atom. The number of unbranched alkanes of at least 4 members (excludes halogenated alkanes) is 6. The van der Waals surface area contributed by atoms with Crippen molar-refractivity contribution in [3.8, 4) is 0 Å². The summed E-state index contributed by atoms with van der Waals surface area (Å²) in [4.78, 5) is 23.4. The molecule has 1 fully saturated rings. The molecule has 27 heavy (non-hydrogen) atoms. The first-order valence-electron chi connectivity index (χ1n) is 11.5. The van der Waals surface area contributed by atoms with Crippen LogP contribution in [0.4, 0.5) is 0 Å². The number of carbonyl (C=O) groups is 2. The lowest BCUT2D eigenvalue weighted by molar-refractivity contribution is -0.159. The van der Waals surface area contributed by atoms with E-state index in [1.165, 1.54) is 57.8 Å². The molecule has 0 aromatic carbocycles. The Hall–Kier alpha value is -1.06. The Bertz CT molecular complexity index is 407. The lowest BCUT2D eigenvalue weighted by Crippen LogP contribution is -2.33. The van der Waals surface area contributed by atoms with Gasteiger partial charge < -0.3 is 9.84 Å². The zero-order valence-corrected chi connectivity index (χ0v) is 17.7. The lowest BCUT2D eigenvalue weighted by atomic mass is 9.79. The Morgan fingerprint density at radius 2 is 1.48 bits per heavy atom. The summed E-state index contributed by atoms with van der Waals surface area (Å²) in [6, 6.07) is 0. The highest BCUT2D eigenvalue weighted by Gasteiger charge is 2.36. The summed E-state index contributed by atoms with van der Waals surface area (Å²) in [5, 5.41) is 9.25. The van der Waals surface area contributed by atoms with Crippen LogP contribution in [0.2, 0.25) is 0 Å². The number of hydrogen-bond donors (Lipinski definition) is 1. The van der Waals surface area contributed by atoms with Gasteiger partial charge in [-0.05, 0) is 25.2 Å². The molecule has 0 heterocycles. The third-order valence-electron chi connectivity index (χ3n) is 6.18. The second-order valence-corrected chi connectivity index (χ2v) is 8.33. The second-order valence-electron chi connectivity index (χ2n) is 8.33. The fraction of sp³-hybridized carbons (Fsp3) is 0.913. The molecule has 3 atom stereocenters. The molecule has 1 saturated carbocycles. The summed E-state index contributed by atoms with van der Waals surface area (Å²) in [5.41, 5.74) is 0.